The smallest absolute Gasteiger partial charge is 0.353 e. The predicted octanol–water partition coefficient (Wildman–Crippen LogP) is 5.55. The summed E-state index contributed by atoms with van der Waals surface area (Å²) < 4.78 is 5.71. The van der Waals surface area contributed by atoms with Gasteiger partial charge in [0.25, 0.3) is 0 Å². The third-order valence-electron chi connectivity index (χ3n) is 5.63. The molecule has 166 valence electrons. The molecule has 0 bridgehead atoms. The van der Waals surface area contributed by atoms with Crippen LogP contribution < -0.4 is 15.9 Å². The molecule has 1 unspecified atom stereocenters. The average Bonchev–Trinajstić information content (AvgIpc) is 3.34. The molecule has 0 aliphatic heterocycles. The number of hydrogen-bond donors (Lipinski definition) is 0. The van der Waals surface area contributed by atoms with E-state index in [1.165, 1.54) is 11.3 Å². The van der Waals surface area contributed by atoms with Crippen molar-refractivity contribution < 1.29 is 14.3 Å². The van der Waals surface area contributed by atoms with E-state index in [9.17, 15) is 9.59 Å². The molecule has 3 nitrogen and oxygen atoms in total. The molecule has 4 aromatic rings. The Kier molecular flexibility index (Phi) is 7.17. The fraction of sp³-hybridized carbons (Fsp3) is 0.143. The standard InChI is InChI=1S/C28H26O3PS/c1-3-31-28(30)27(26-20-19-25(33-26)21(2)29)32(22-13-7-4-8-14-22,23-15-9-5-10-16-23)24-17-11-6-12-18-24/h4-20,27H,3H2,1-2H3/q+1. The van der Waals surface area contributed by atoms with E-state index in [-0.39, 0.29) is 11.8 Å². The molecular weight excluding hydrogens is 447 g/mol. The van der Waals surface area contributed by atoms with Crippen LogP contribution in [0.4, 0.5) is 0 Å². The maximum absolute atomic E-state index is 13.8. The summed E-state index contributed by atoms with van der Waals surface area (Å²) >= 11 is 1.39. The summed E-state index contributed by atoms with van der Waals surface area (Å²) in [6, 6.07) is 34.5. The zero-order valence-corrected chi connectivity index (χ0v) is 20.4. The lowest BCUT2D eigenvalue weighted by Gasteiger charge is -2.33. The molecule has 0 amide bonds. The van der Waals surface area contributed by atoms with Gasteiger partial charge in [0, 0.05) is 0 Å². The van der Waals surface area contributed by atoms with Gasteiger partial charge >= 0.3 is 5.97 Å². The van der Waals surface area contributed by atoms with Crippen molar-refractivity contribution in [3.05, 3.63) is 113 Å². The molecule has 33 heavy (non-hydrogen) atoms. The van der Waals surface area contributed by atoms with Gasteiger partial charge in [0.1, 0.15) is 23.2 Å². The van der Waals surface area contributed by atoms with Crippen LogP contribution in [-0.2, 0) is 9.53 Å². The highest BCUT2D eigenvalue weighted by molar-refractivity contribution is 7.96. The molecular formula is C28H26O3PS+. The van der Waals surface area contributed by atoms with Crippen LogP contribution in [0.5, 0.6) is 0 Å². The zero-order chi connectivity index (χ0) is 23.3. The van der Waals surface area contributed by atoms with Gasteiger partial charge in [0.05, 0.1) is 16.4 Å². The van der Waals surface area contributed by atoms with E-state index in [1.807, 2.05) is 73.7 Å². The average molecular weight is 474 g/mol. The highest BCUT2D eigenvalue weighted by atomic mass is 32.1. The van der Waals surface area contributed by atoms with Gasteiger partial charge in [-0.2, -0.15) is 0 Å². The summed E-state index contributed by atoms with van der Waals surface area (Å²) in [7, 11) is -2.56. The van der Waals surface area contributed by atoms with Gasteiger partial charge in [-0.3, -0.25) is 4.79 Å². The molecule has 0 fully saturated rings. The number of carbonyl (C=O) groups is 2. The number of carbonyl (C=O) groups excluding carboxylic acids is 2. The van der Waals surface area contributed by atoms with Gasteiger partial charge in [-0.15, -0.1) is 11.3 Å². The van der Waals surface area contributed by atoms with Crippen molar-refractivity contribution in [1.82, 2.24) is 0 Å². The van der Waals surface area contributed by atoms with Gasteiger partial charge in [0.15, 0.2) is 5.78 Å². The van der Waals surface area contributed by atoms with Gasteiger partial charge in [-0.1, -0.05) is 54.6 Å². The van der Waals surface area contributed by atoms with E-state index in [4.69, 9.17) is 4.74 Å². The number of benzene rings is 3. The number of thiophene rings is 1. The van der Waals surface area contributed by atoms with Crippen LogP contribution in [0.15, 0.2) is 103 Å². The lowest BCUT2D eigenvalue weighted by molar-refractivity contribution is -0.142. The quantitative estimate of drug-likeness (QED) is 0.191. The third kappa shape index (κ3) is 4.42. The SMILES string of the molecule is CCOC(=O)C(c1ccc(C(C)=O)s1)[P+](c1ccccc1)(c1ccccc1)c1ccccc1. The summed E-state index contributed by atoms with van der Waals surface area (Å²) in [6.07, 6.45) is 0. The molecule has 1 atom stereocenters. The second kappa shape index (κ2) is 10.2. The summed E-state index contributed by atoms with van der Waals surface area (Å²) in [6.45, 7) is 3.68. The molecule has 0 N–H and O–H groups in total. The molecule has 0 aliphatic carbocycles. The minimum absolute atomic E-state index is 0.00285. The van der Waals surface area contributed by atoms with Crippen LogP contribution in [-0.4, -0.2) is 18.4 Å². The van der Waals surface area contributed by atoms with E-state index in [0.29, 0.717) is 11.5 Å². The largest absolute Gasteiger partial charge is 0.463 e. The first-order chi connectivity index (χ1) is 16.1. The van der Waals surface area contributed by atoms with Crippen LogP contribution in [0.2, 0.25) is 0 Å². The maximum atomic E-state index is 13.8. The van der Waals surface area contributed by atoms with Crippen LogP contribution in [0.1, 0.15) is 34.1 Å². The van der Waals surface area contributed by atoms with Gasteiger partial charge in [-0.05, 0) is 62.4 Å². The Balaban J connectivity index is 2.12. The maximum Gasteiger partial charge on any atom is 0.353 e. The van der Waals surface area contributed by atoms with Crippen molar-refractivity contribution in [3.63, 3.8) is 0 Å². The van der Waals surface area contributed by atoms with E-state index in [0.717, 1.165) is 20.8 Å². The molecule has 0 aliphatic rings. The minimum atomic E-state index is -2.56. The molecule has 4 rings (SSSR count). The molecule has 5 heteroatoms. The first-order valence-electron chi connectivity index (χ1n) is 10.9. The summed E-state index contributed by atoms with van der Waals surface area (Å²) in [4.78, 5) is 27.5. The van der Waals surface area contributed by atoms with Crippen molar-refractivity contribution in [2.75, 3.05) is 6.61 Å². The molecule has 3 aromatic carbocycles. The molecule has 1 aromatic heterocycles. The Bertz CT molecular complexity index is 1120. The van der Waals surface area contributed by atoms with Crippen LogP contribution in [0.3, 0.4) is 0 Å². The first kappa shape index (κ1) is 23.1. The van der Waals surface area contributed by atoms with Gasteiger partial charge in [0.2, 0.25) is 5.66 Å². The third-order valence-corrected chi connectivity index (χ3v) is 11.7. The van der Waals surface area contributed by atoms with Crippen molar-refractivity contribution in [3.8, 4) is 0 Å². The Morgan fingerprint density at radius 2 is 1.21 bits per heavy atom. The van der Waals surface area contributed by atoms with Gasteiger partial charge < -0.3 is 4.74 Å². The molecule has 0 saturated carbocycles. The van der Waals surface area contributed by atoms with E-state index in [2.05, 4.69) is 36.4 Å². The highest BCUT2D eigenvalue weighted by Gasteiger charge is 2.57. The van der Waals surface area contributed by atoms with E-state index in [1.54, 1.807) is 6.92 Å². The Morgan fingerprint density at radius 3 is 1.58 bits per heavy atom. The highest BCUT2D eigenvalue weighted by Crippen LogP contribution is 2.67. The first-order valence-corrected chi connectivity index (χ1v) is 13.6. The molecule has 1 heterocycles. The fourth-order valence-corrected chi connectivity index (χ4v) is 10.3. The Labute approximate surface area is 199 Å². The molecule has 0 saturated heterocycles. The number of esters is 1. The second-order valence-electron chi connectivity index (χ2n) is 7.64. The van der Waals surface area contributed by atoms with E-state index >= 15 is 0 Å². The topological polar surface area (TPSA) is 43.4 Å². The van der Waals surface area contributed by atoms with Gasteiger partial charge in [-0.25, -0.2) is 4.79 Å². The normalized spacial score (nSPS) is 12.2. The van der Waals surface area contributed by atoms with Crippen molar-refractivity contribution in [2.24, 2.45) is 0 Å². The van der Waals surface area contributed by atoms with Crippen molar-refractivity contribution >= 4 is 46.3 Å². The Morgan fingerprint density at radius 1 is 0.758 bits per heavy atom. The Hall–Kier alpha value is -3.07. The fourth-order valence-electron chi connectivity index (χ4n) is 4.26. The van der Waals surface area contributed by atoms with Crippen molar-refractivity contribution in [1.29, 1.82) is 0 Å². The summed E-state index contributed by atoms with van der Waals surface area (Å²) in [5.74, 6) is -0.267. The van der Waals surface area contributed by atoms with Crippen molar-refractivity contribution in [2.45, 2.75) is 19.5 Å². The number of rotatable bonds is 8. The molecule has 0 radical (unpaired) electrons. The lowest BCUT2D eigenvalue weighted by Crippen LogP contribution is -2.38. The predicted molar refractivity (Wildman–Crippen MR) is 139 cm³/mol. The van der Waals surface area contributed by atoms with Crippen LogP contribution >= 0.6 is 18.6 Å². The number of hydrogen-bond acceptors (Lipinski definition) is 4. The monoisotopic (exact) mass is 473 g/mol. The molecule has 0 spiro atoms. The number of ketones is 1. The van der Waals surface area contributed by atoms with E-state index < -0.39 is 12.9 Å². The van der Waals surface area contributed by atoms with Crippen LogP contribution in [0, 0.1) is 0 Å². The second-order valence-corrected chi connectivity index (χ2v) is 12.3. The minimum Gasteiger partial charge on any atom is -0.463 e. The lowest BCUT2D eigenvalue weighted by atomic mass is 10.3. The number of ether oxygens (including phenoxy) is 1. The van der Waals surface area contributed by atoms with Crippen LogP contribution in [0.25, 0.3) is 0 Å². The zero-order valence-electron chi connectivity index (χ0n) is 18.7. The summed E-state index contributed by atoms with van der Waals surface area (Å²) in [5, 5.41) is 3.29. The number of Topliss-reactive ketones (excluding diaryl/α,β-unsaturated/α-hetero) is 1. The summed E-state index contributed by atoms with van der Waals surface area (Å²) in [5.41, 5.74) is -0.567.